The summed E-state index contributed by atoms with van der Waals surface area (Å²) in [5.41, 5.74) is -0.105. The van der Waals surface area contributed by atoms with E-state index in [4.69, 9.17) is 0 Å². The lowest BCUT2D eigenvalue weighted by atomic mass is 9.95. The molecule has 0 aromatic carbocycles. The number of rotatable bonds is 13. The van der Waals surface area contributed by atoms with Gasteiger partial charge in [0, 0.05) is 18.1 Å². The summed E-state index contributed by atoms with van der Waals surface area (Å²) in [4.78, 5) is 2.67. The van der Waals surface area contributed by atoms with Crippen LogP contribution >= 0.6 is 0 Å². The van der Waals surface area contributed by atoms with Crippen LogP contribution in [0.4, 0.5) is 0 Å². The Balaban J connectivity index is 4.24. The topological polar surface area (TPSA) is 35.5 Å². The SMILES string of the molecule is CCNC(C)(CO)CCCCN(CC(C)C)C(CC)CC. The number of likely N-dealkylation sites (N-methyl/N-ethyl adjacent to an activating group) is 1. The smallest absolute Gasteiger partial charge is 0.0610 e. The number of nitrogens with zero attached hydrogens (tertiary/aromatic N) is 1. The molecule has 0 heterocycles. The third-order valence-electron chi connectivity index (χ3n) is 4.43. The van der Waals surface area contributed by atoms with Gasteiger partial charge >= 0.3 is 0 Å². The van der Waals surface area contributed by atoms with Crippen molar-refractivity contribution in [2.75, 3.05) is 26.2 Å². The zero-order chi connectivity index (χ0) is 16.3. The molecule has 21 heavy (non-hydrogen) atoms. The molecule has 128 valence electrons. The van der Waals surface area contributed by atoms with Crippen LogP contribution in [0, 0.1) is 5.92 Å². The zero-order valence-electron chi connectivity index (χ0n) is 15.4. The lowest BCUT2D eigenvalue weighted by Crippen LogP contribution is -2.45. The highest BCUT2D eigenvalue weighted by Gasteiger charge is 2.21. The van der Waals surface area contributed by atoms with Crippen LogP contribution in [0.2, 0.25) is 0 Å². The van der Waals surface area contributed by atoms with Gasteiger partial charge in [0.15, 0.2) is 0 Å². The number of hydrogen-bond acceptors (Lipinski definition) is 3. The van der Waals surface area contributed by atoms with E-state index in [9.17, 15) is 5.11 Å². The Bertz CT molecular complexity index is 241. The van der Waals surface area contributed by atoms with Crippen molar-refractivity contribution in [1.29, 1.82) is 0 Å². The van der Waals surface area contributed by atoms with Gasteiger partial charge in [0.1, 0.15) is 0 Å². The van der Waals surface area contributed by atoms with Gasteiger partial charge in [0.05, 0.1) is 6.61 Å². The summed E-state index contributed by atoms with van der Waals surface area (Å²) < 4.78 is 0. The van der Waals surface area contributed by atoms with Gasteiger partial charge in [-0.2, -0.15) is 0 Å². The van der Waals surface area contributed by atoms with Crippen molar-refractivity contribution in [1.82, 2.24) is 10.2 Å². The average Bonchev–Trinajstić information content (AvgIpc) is 2.44. The van der Waals surface area contributed by atoms with E-state index in [0.717, 1.165) is 24.9 Å². The molecule has 0 aliphatic rings. The molecule has 0 saturated heterocycles. The summed E-state index contributed by atoms with van der Waals surface area (Å²) in [6.07, 6.45) is 5.95. The minimum Gasteiger partial charge on any atom is -0.394 e. The van der Waals surface area contributed by atoms with E-state index in [0.29, 0.717) is 0 Å². The Morgan fingerprint density at radius 3 is 2.14 bits per heavy atom. The van der Waals surface area contributed by atoms with Gasteiger partial charge in [-0.15, -0.1) is 0 Å². The van der Waals surface area contributed by atoms with Crippen LogP contribution in [0.1, 0.15) is 73.6 Å². The van der Waals surface area contributed by atoms with E-state index in [-0.39, 0.29) is 12.1 Å². The van der Waals surface area contributed by atoms with Crippen molar-refractivity contribution < 1.29 is 5.11 Å². The van der Waals surface area contributed by atoms with E-state index in [2.05, 4.69) is 51.8 Å². The minimum atomic E-state index is -0.105. The Hall–Kier alpha value is -0.120. The van der Waals surface area contributed by atoms with Crippen LogP contribution in [0.15, 0.2) is 0 Å². The predicted molar refractivity (Wildman–Crippen MR) is 93.8 cm³/mol. The first kappa shape index (κ1) is 20.9. The first-order valence-corrected chi connectivity index (χ1v) is 9.02. The molecule has 0 aliphatic heterocycles. The van der Waals surface area contributed by atoms with E-state index in [1.807, 2.05) is 0 Å². The van der Waals surface area contributed by atoms with Crippen molar-refractivity contribution in [3.63, 3.8) is 0 Å². The van der Waals surface area contributed by atoms with Crippen molar-refractivity contribution in [2.24, 2.45) is 5.92 Å². The van der Waals surface area contributed by atoms with Crippen LogP contribution in [0.5, 0.6) is 0 Å². The van der Waals surface area contributed by atoms with Crippen LogP contribution < -0.4 is 5.32 Å². The van der Waals surface area contributed by atoms with Crippen LogP contribution in [0.3, 0.4) is 0 Å². The number of aliphatic hydroxyl groups excluding tert-OH is 1. The Kier molecular flexibility index (Phi) is 11.4. The molecule has 0 aliphatic carbocycles. The van der Waals surface area contributed by atoms with Gasteiger partial charge in [-0.3, -0.25) is 0 Å². The molecule has 0 amide bonds. The second-order valence-electron chi connectivity index (χ2n) is 7.07. The summed E-state index contributed by atoms with van der Waals surface area (Å²) >= 11 is 0. The largest absolute Gasteiger partial charge is 0.394 e. The monoisotopic (exact) mass is 300 g/mol. The first-order chi connectivity index (χ1) is 9.92. The molecule has 0 radical (unpaired) electrons. The Labute approximate surface area is 133 Å². The summed E-state index contributed by atoms with van der Waals surface area (Å²) in [5.74, 6) is 0.732. The third kappa shape index (κ3) is 8.80. The van der Waals surface area contributed by atoms with Gasteiger partial charge < -0.3 is 15.3 Å². The van der Waals surface area contributed by atoms with E-state index < -0.39 is 0 Å². The molecule has 0 aromatic heterocycles. The van der Waals surface area contributed by atoms with Gasteiger partial charge in [-0.05, 0) is 51.6 Å². The van der Waals surface area contributed by atoms with Crippen molar-refractivity contribution in [2.45, 2.75) is 85.2 Å². The molecule has 0 aromatic rings. The number of nitrogens with one attached hydrogen (secondary N) is 1. The molecule has 1 unspecified atom stereocenters. The molecular weight excluding hydrogens is 260 g/mol. The van der Waals surface area contributed by atoms with E-state index in [1.165, 1.54) is 38.8 Å². The molecule has 0 bridgehead atoms. The minimum absolute atomic E-state index is 0.105. The second-order valence-corrected chi connectivity index (χ2v) is 7.07. The number of unbranched alkanes of at least 4 members (excludes halogenated alkanes) is 1. The molecule has 0 fully saturated rings. The summed E-state index contributed by atoms with van der Waals surface area (Å²) in [5, 5.41) is 12.9. The highest BCUT2D eigenvalue weighted by molar-refractivity contribution is 4.81. The highest BCUT2D eigenvalue weighted by atomic mass is 16.3. The molecule has 0 rings (SSSR count). The lowest BCUT2D eigenvalue weighted by Gasteiger charge is -2.33. The maximum absolute atomic E-state index is 9.54. The van der Waals surface area contributed by atoms with Crippen molar-refractivity contribution in [3.8, 4) is 0 Å². The molecule has 3 heteroatoms. The normalized spacial score (nSPS) is 15.1. The quantitative estimate of drug-likeness (QED) is 0.510. The third-order valence-corrected chi connectivity index (χ3v) is 4.43. The Morgan fingerprint density at radius 1 is 1.10 bits per heavy atom. The van der Waals surface area contributed by atoms with Gasteiger partial charge in [0.25, 0.3) is 0 Å². The molecular formula is C18H40N2O. The first-order valence-electron chi connectivity index (χ1n) is 9.02. The molecule has 0 spiro atoms. The summed E-state index contributed by atoms with van der Waals surface area (Å²) in [6.45, 7) is 17.0. The fraction of sp³-hybridized carbons (Fsp3) is 1.00. The highest BCUT2D eigenvalue weighted by Crippen LogP contribution is 2.16. The maximum Gasteiger partial charge on any atom is 0.0610 e. The van der Waals surface area contributed by atoms with Crippen LogP contribution in [0.25, 0.3) is 0 Å². The Morgan fingerprint density at radius 2 is 1.71 bits per heavy atom. The molecule has 0 saturated carbocycles. The fourth-order valence-electron chi connectivity index (χ4n) is 3.18. The van der Waals surface area contributed by atoms with Crippen LogP contribution in [-0.2, 0) is 0 Å². The van der Waals surface area contributed by atoms with Crippen LogP contribution in [-0.4, -0.2) is 47.8 Å². The molecule has 2 N–H and O–H groups in total. The summed E-state index contributed by atoms with van der Waals surface area (Å²) in [7, 11) is 0. The summed E-state index contributed by atoms with van der Waals surface area (Å²) in [6, 6.07) is 0.727. The van der Waals surface area contributed by atoms with E-state index >= 15 is 0 Å². The van der Waals surface area contributed by atoms with Gasteiger partial charge in [-0.1, -0.05) is 41.0 Å². The standard InChI is InChI=1S/C18H40N2O/c1-7-17(8-2)20(14-16(4)5)13-11-10-12-18(6,15-21)19-9-3/h16-17,19,21H,7-15H2,1-6H3. The van der Waals surface area contributed by atoms with Gasteiger partial charge in [0.2, 0.25) is 0 Å². The maximum atomic E-state index is 9.54. The molecule has 1 atom stereocenters. The van der Waals surface area contributed by atoms with Crippen molar-refractivity contribution in [3.05, 3.63) is 0 Å². The van der Waals surface area contributed by atoms with Crippen molar-refractivity contribution >= 4 is 0 Å². The average molecular weight is 301 g/mol. The second kappa shape index (κ2) is 11.4. The number of aliphatic hydroxyl groups is 1. The predicted octanol–water partition coefficient (Wildman–Crippen LogP) is 3.66. The van der Waals surface area contributed by atoms with E-state index in [1.54, 1.807) is 0 Å². The van der Waals surface area contributed by atoms with Gasteiger partial charge in [-0.25, -0.2) is 0 Å². The zero-order valence-corrected chi connectivity index (χ0v) is 15.4. The lowest BCUT2D eigenvalue weighted by molar-refractivity contribution is 0.148. The number of hydrogen-bond donors (Lipinski definition) is 2. The molecule has 3 nitrogen and oxygen atoms in total. The fourth-order valence-corrected chi connectivity index (χ4v) is 3.18.